The lowest BCUT2D eigenvalue weighted by molar-refractivity contribution is 0.353. The van der Waals surface area contributed by atoms with Crippen molar-refractivity contribution < 1.29 is 0 Å². The minimum absolute atomic E-state index is 0.0962. The number of benzene rings is 9. The number of nitrogens with zero attached hydrogens (tertiary/aromatic N) is 2. The topological polar surface area (TPSA) is 9.86 Å². The van der Waals surface area contributed by atoms with E-state index in [0.717, 1.165) is 0 Å². The molecule has 2 aliphatic carbocycles. The van der Waals surface area contributed by atoms with Gasteiger partial charge in [-0.2, -0.15) is 0 Å². The lowest BCUT2D eigenvalue weighted by atomic mass is 9.68. The number of fused-ring (bicyclic) bond motifs is 14. The Kier molecular flexibility index (Phi) is 7.53. The minimum atomic E-state index is 0.0962. The largest absolute Gasteiger partial charge is 0.309 e. The Morgan fingerprint density at radius 1 is 0.333 bits per heavy atom. The molecule has 0 radical (unpaired) electrons. The van der Waals surface area contributed by atoms with Crippen LogP contribution < -0.4 is 0 Å². The molecule has 3 aromatic heterocycles. The van der Waals surface area contributed by atoms with Crippen molar-refractivity contribution in [2.75, 3.05) is 0 Å². The van der Waals surface area contributed by atoms with Crippen LogP contribution in [0.2, 0.25) is 0 Å². The lowest BCUT2D eigenvalue weighted by Crippen LogP contribution is -2.27. The normalized spacial score (nSPS) is 14.5. The summed E-state index contributed by atoms with van der Waals surface area (Å²) in [4.78, 5) is 0. The molecule has 0 N–H and O–H groups in total. The van der Waals surface area contributed by atoms with Gasteiger partial charge in [0, 0.05) is 58.5 Å². The maximum absolute atomic E-state index is 2.60. The van der Waals surface area contributed by atoms with Crippen LogP contribution in [-0.4, -0.2) is 9.13 Å². The quantitative estimate of drug-likeness (QED) is 0.167. The summed E-state index contributed by atoms with van der Waals surface area (Å²) in [5.41, 5.74) is 18.2. The summed E-state index contributed by atoms with van der Waals surface area (Å²) in [5.74, 6) is 0. The summed E-state index contributed by atoms with van der Waals surface area (Å²) in [7, 11) is 0. The zero-order chi connectivity index (χ0) is 41.2. The summed E-state index contributed by atoms with van der Waals surface area (Å²) >= 11 is 1.87. The highest BCUT2D eigenvalue weighted by Gasteiger charge is 2.44. The summed E-state index contributed by atoms with van der Waals surface area (Å²) in [6.45, 7) is 0. The summed E-state index contributed by atoms with van der Waals surface area (Å²) in [6.07, 6.45) is 6.35. The van der Waals surface area contributed by atoms with Crippen molar-refractivity contribution in [3.05, 3.63) is 205 Å². The minimum Gasteiger partial charge on any atom is -0.309 e. The fourth-order valence-electron chi connectivity index (χ4n) is 11.8. The van der Waals surface area contributed by atoms with Gasteiger partial charge in [-0.15, -0.1) is 11.3 Å². The molecule has 1 saturated carbocycles. The fourth-order valence-corrected chi connectivity index (χ4v) is 12.9. The van der Waals surface area contributed by atoms with Crippen LogP contribution in [0.3, 0.4) is 0 Å². The molecule has 2 aliphatic rings. The first kappa shape index (κ1) is 35.4. The van der Waals surface area contributed by atoms with E-state index in [4.69, 9.17) is 0 Å². The maximum atomic E-state index is 2.60. The Morgan fingerprint density at radius 2 is 0.921 bits per heavy atom. The Balaban J connectivity index is 0.991. The van der Waals surface area contributed by atoms with Crippen LogP contribution in [0.25, 0.3) is 109 Å². The first-order chi connectivity index (χ1) is 31.2. The molecule has 63 heavy (non-hydrogen) atoms. The van der Waals surface area contributed by atoms with Gasteiger partial charge in [0.2, 0.25) is 0 Å². The van der Waals surface area contributed by atoms with Crippen LogP contribution in [0.1, 0.15) is 43.2 Å². The van der Waals surface area contributed by atoms with Gasteiger partial charge < -0.3 is 9.13 Å². The molecule has 3 heterocycles. The first-order valence-corrected chi connectivity index (χ1v) is 23.4. The molecule has 0 unspecified atom stereocenters. The van der Waals surface area contributed by atoms with Crippen molar-refractivity contribution in [2.45, 2.75) is 37.5 Å². The van der Waals surface area contributed by atoms with E-state index in [-0.39, 0.29) is 5.41 Å². The smallest absolute Gasteiger partial charge is 0.0547 e. The van der Waals surface area contributed by atoms with Gasteiger partial charge in [-0.1, -0.05) is 147 Å². The van der Waals surface area contributed by atoms with Crippen LogP contribution >= 0.6 is 11.3 Å². The maximum Gasteiger partial charge on any atom is 0.0547 e. The van der Waals surface area contributed by atoms with E-state index in [0.29, 0.717) is 0 Å². The molecule has 2 nitrogen and oxygen atoms in total. The summed E-state index contributed by atoms with van der Waals surface area (Å²) in [6, 6.07) is 73.3. The molecule has 14 rings (SSSR count). The van der Waals surface area contributed by atoms with E-state index < -0.39 is 0 Å². The van der Waals surface area contributed by atoms with Crippen molar-refractivity contribution >= 4 is 75.1 Å². The Hall–Kier alpha value is -7.20. The Labute approximate surface area is 369 Å². The summed E-state index contributed by atoms with van der Waals surface area (Å²) < 4.78 is 7.66. The molecule has 0 bridgehead atoms. The highest BCUT2D eigenvalue weighted by molar-refractivity contribution is 7.25. The van der Waals surface area contributed by atoms with E-state index in [1.165, 1.54) is 152 Å². The average Bonchev–Trinajstić information content (AvgIpc) is 4.06. The number of para-hydroxylation sites is 1. The third kappa shape index (κ3) is 5.12. The van der Waals surface area contributed by atoms with Crippen LogP contribution in [-0.2, 0) is 5.41 Å². The van der Waals surface area contributed by atoms with Crippen molar-refractivity contribution in [1.29, 1.82) is 0 Å². The number of thiophene rings is 1. The van der Waals surface area contributed by atoms with E-state index >= 15 is 0 Å². The zero-order valence-electron chi connectivity index (χ0n) is 34.8. The first-order valence-electron chi connectivity index (χ1n) is 22.5. The predicted octanol–water partition coefficient (Wildman–Crippen LogP) is 16.8. The van der Waals surface area contributed by atoms with Gasteiger partial charge in [-0.3, -0.25) is 0 Å². The second-order valence-electron chi connectivity index (χ2n) is 17.9. The molecule has 0 saturated heterocycles. The lowest BCUT2D eigenvalue weighted by Gasteiger charge is -2.36. The Morgan fingerprint density at radius 3 is 1.73 bits per heavy atom. The number of aromatic nitrogens is 2. The van der Waals surface area contributed by atoms with Crippen molar-refractivity contribution in [1.82, 2.24) is 9.13 Å². The molecule has 1 fully saturated rings. The van der Waals surface area contributed by atoms with Crippen LogP contribution in [0.4, 0.5) is 0 Å². The predicted molar refractivity (Wildman–Crippen MR) is 268 cm³/mol. The van der Waals surface area contributed by atoms with E-state index in [1.54, 1.807) is 0 Å². The second kappa shape index (κ2) is 13.4. The van der Waals surface area contributed by atoms with Gasteiger partial charge in [0.1, 0.15) is 0 Å². The third-order valence-corrected chi connectivity index (χ3v) is 15.9. The van der Waals surface area contributed by atoms with Crippen molar-refractivity contribution in [3.63, 3.8) is 0 Å². The molecule has 0 aliphatic heterocycles. The van der Waals surface area contributed by atoms with Crippen LogP contribution in [0, 0.1) is 0 Å². The molecular weight excluding hydrogens is 781 g/mol. The third-order valence-electron chi connectivity index (χ3n) is 14.7. The van der Waals surface area contributed by atoms with Crippen LogP contribution in [0.5, 0.6) is 0 Å². The van der Waals surface area contributed by atoms with Crippen LogP contribution in [0.15, 0.2) is 194 Å². The van der Waals surface area contributed by atoms with E-state index in [9.17, 15) is 0 Å². The van der Waals surface area contributed by atoms with Gasteiger partial charge in [0.25, 0.3) is 0 Å². The van der Waals surface area contributed by atoms with E-state index in [1.807, 2.05) is 11.3 Å². The highest BCUT2D eigenvalue weighted by atomic mass is 32.1. The monoisotopic (exact) mass is 822 g/mol. The van der Waals surface area contributed by atoms with Gasteiger partial charge in [-0.05, 0) is 124 Å². The second-order valence-corrected chi connectivity index (χ2v) is 19.0. The molecule has 12 aromatic rings. The molecule has 9 aromatic carbocycles. The molecule has 3 heteroatoms. The molecule has 1 spiro atoms. The fraction of sp³-hybridized carbons (Fsp3) is 0.100. The van der Waals surface area contributed by atoms with Gasteiger partial charge in [-0.25, -0.2) is 0 Å². The standard InChI is InChI=1S/C60H42N2S/c1-3-13-38(14-4-1)39-21-25-42(26-22-39)61-56-34-41(24-29-47(56)50-36-53-49(37-57(50)61)44-15-5-8-18-52(44)60(53)31-11-2-12-32-60)40-23-28-46-45-16-6-9-19-54(45)62(55(46)33-40)43-27-30-59-51(35-43)48-17-7-10-20-58(48)63-59/h1,3-10,13-30,33-37H,2,11-12,31-32H2. The number of rotatable bonds is 4. The molecule has 0 atom stereocenters. The number of hydrogen-bond donors (Lipinski definition) is 0. The van der Waals surface area contributed by atoms with Crippen molar-refractivity contribution in [2.24, 2.45) is 0 Å². The number of hydrogen-bond acceptors (Lipinski definition) is 1. The summed E-state index contributed by atoms with van der Waals surface area (Å²) in [5, 5.41) is 7.82. The molecule has 0 amide bonds. The van der Waals surface area contributed by atoms with E-state index in [2.05, 4.69) is 203 Å². The SMILES string of the molecule is c1ccc(-c2ccc(-n3c4cc(-c5ccc6c7ccccc7n(-c7ccc8sc9ccccc9c8c7)c6c5)ccc4c4cc5c(cc43)-c3ccccc3C53CCCCC3)cc2)cc1. The Bertz CT molecular complexity index is 3820. The van der Waals surface area contributed by atoms with Crippen molar-refractivity contribution in [3.8, 4) is 44.8 Å². The van der Waals surface area contributed by atoms with Gasteiger partial charge in [0.05, 0.1) is 22.1 Å². The van der Waals surface area contributed by atoms with Gasteiger partial charge >= 0.3 is 0 Å². The zero-order valence-corrected chi connectivity index (χ0v) is 35.6. The average molecular weight is 823 g/mol. The molecular formula is C60H42N2S. The molecule has 298 valence electrons. The highest BCUT2D eigenvalue weighted by Crippen LogP contribution is 2.57. The van der Waals surface area contributed by atoms with Gasteiger partial charge in [0.15, 0.2) is 0 Å².